The van der Waals surface area contributed by atoms with E-state index in [1.165, 1.54) is 154 Å². The lowest BCUT2D eigenvalue weighted by molar-refractivity contribution is -0.167. The zero-order chi connectivity index (χ0) is 40.8. The van der Waals surface area contributed by atoms with Gasteiger partial charge in [-0.25, -0.2) is 0 Å². The summed E-state index contributed by atoms with van der Waals surface area (Å²) in [5.41, 5.74) is 0. The molecule has 56 heavy (non-hydrogen) atoms. The van der Waals surface area contributed by atoms with Crippen molar-refractivity contribution in [2.45, 2.75) is 264 Å². The zero-order valence-corrected chi connectivity index (χ0v) is 37.4. The van der Waals surface area contributed by atoms with Gasteiger partial charge < -0.3 is 14.2 Å². The number of carbonyl (C=O) groups excluding carboxylic acids is 3. The van der Waals surface area contributed by atoms with Gasteiger partial charge in [-0.3, -0.25) is 14.4 Å². The maximum Gasteiger partial charge on any atom is 0.306 e. The van der Waals surface area contributed by atoms with Gasteiger partial charge >= 0.3 is 17.9 Å². The van der Waals surface area contributed by atoms with E-state index in [4.69, 9.17) is 14.2 Å². The van der Waals surface area contributed by atoms with E-state index >= 15 is 0 Å². The van der Waals surface area contributed by atoms with Gasteiger partial charge in [0, 0.05) is 19.3 Å². The van der Waals surface area contributed by atoms with Crippen molar-refractivity contribution >= 4 is 17.9 Å². The molecule has 0 heterocycles. The number of esters is 3. The Labute approximate surface area is 347 Å². The molecule has 0 spiro atoms. The molecule has 1 unspecified atom stereocenters. The monoisotopic (exact) mass is 789 g/mol. The van der Waals surface area contributed by atoms with Crippen molar-refractivity contribution in [1.29, 1.82) is 0 Å². The highest BCUT2D eigenvalue weighted by molar-refractivity contribution is 5.71. The fourth-order valence-electron chi connectivity index (χ4n) is 7.00. The molecule has 0 amide bonds. The molecule has 6 nitrogen and oxygen atoms in total. The van der Waals surface area contributed by atoms with E-state index in [1.807, 2.05) is 0 Å². The zero-order valence-electron chi connectivity index (χ0n) is 37.4. The average Bonchev–Trinajstić information content (AvgIpc) is 3.19. The van der Waals surface area contributed by atoms with Crippen LogP contribution < -0.4 is 0 Å². The topological polar surface area (TPSA) is 78.9 Å². The lowest BCUT2D eigenvalue weighted by Crippen LogP contribution is -2.30. The van der Waals surface area contributed by atoms with E-state index in [1.54, 1.807) is 0 Å². The molecule has 0 radical (unpaired) electrons. The van der Waals surface area contributed by atoms with Gasteiger partial charge in [-0.15, -0.1) is 0 Å². The van der Waals surface area contributed by atoms with Gasteiger partial charge in [-0.1, -0.05) is 212 Å². The molecule has 328 valence electrons. The number of carbonyl (C=O) groups is 3. The first-order chi connectivity index (χ1) is 27.5. The molecule has 0 saturated carbocycles. The summed E-state index contributed by atoms with van der Waals surface area (Å²) in [7, 11) is 0. The molecule has 0 aromatic carbocycles. The predicted molar refractivity (Wildman–Crippen MR) is 238 cm³/mol. The molecule has 0 aromatic rings. The van der Waals surface area contributed by atoms with Crippen LogP contribution in [0.15, 0.2) is 24.3 Å². The third-order valence-electron chi connectivity index (χ3n) is 10.7. The highest BCUT2D eigenvalue weighted by Gasteiger charge is 2.19. The number of hydrogen-bond donors (Lipinski definition) is 0. The van der Waals surface area contributed by atoms with Crippen molar-refractivity contribution in [1.82, 2.24) is 0 Å². The molecule has 6 heteroatoms. The average molecular weight is 789 g/mol. The van der Waals surface area contributed by atoms with Crippen molar-refractivity contribution in [3.8, 4) is 0 Å². The molecule has 0 fully saturated rings. The van der Waals surface area contributed by atoms with Crippen LogP contribution in [0.25, 0.3) is 0 Å². The summed E-state index contributed by atoms with van der Waals surface area (Å²) in [5, 5.41) is 0. The normalized spacial score (nSPS) is 12.1. The van der Waals surface area contributed by atoms with Crippen LogP contribution in [0.1, 0.15) is 258 Å². The fraction of sp³-hybridized carbons (Fsp3) is 0.860. The van der Waals surface area contributed by atoms with E-state index in [0.717, 1.165) is 64.2 Å². The molecule has 0 aliphatic carbocycles. The number of ether oxygens (including phenoxy) is 3. The Bertz CT molecular complexity index is 911. The van der Waals surface area contributed by atoms with E-state index in [2.05, 4.69) is 45.1 Å². The van der Waals surface area contributed by atoms with Gasteiger partial charge in [-0.2, -0.15) is 0 Å². The quantitative estimate of drug-likeness (QED) is 0.0265. The molecule has 0 saturated heterocycles. The Morgan fingerprint density at radius 1 is 0.357 bits per heavy atom. The SMILES string of the molecule is CCCCC/C=C\C/C=C\CCCCCCCCCCCC(=O)OCC(COC(=O)CCCCCCCCC)OC(=O)CCCCCCCCCCCCCC. The largest absolute Gasteiger partial charge is 0.462 e. The number of hydrogen-bond acceptors (Lipinski definition) is 6. The standard InChI is InChI=1S/C50H92O6/c1-4-7-10-13-16-18-20-22-23-24-25-26-27-28-30-31-34-37-40-43-49(52)55-46-47(45-54-48(51)42-39-36-33-15-12-9-6-3)56-50(53)44-41-38-35-32-29-21-19-17-14-11-8-5-2/h16,18,22-23,47H,4-15,17,19-21,24-46H2,1-3H3/b18-16-,23-22-. The third-order valence-corrected chi connectivity index (χ3v) is 10.7. The van der Waals surface area contributed by atoms with Crippen LogP contribution in [0.5, 0.6) is 0 Å². The third kappa shape index (κ3) is 43.0. The number of allylic oxidation sites excluding steroid dienone is 4. The molecule has 0 aromatic heterocycles. The van der Waals surface area contributed by atoms with Crippen molar-refractivity contribution in [3.05, 3.63) is 24.3 Å². The Morgan fingerprint density at radius 2 is 0.643 bits per heavy atom. The van der Waals surface area contributed by atoms with Crippen LogP contribution in [0.2, 0.25) is 0 Å². The summed E-state index contributed by atoms with van der Waals surface area (Å²) in [6.07, 6.45) is 50.3. The fourth-order valence-corrected chi connectivity index (χ4v) is 7.00. The van der Waals surface area contributed by atoms with Gasteiger partial charge in [0.25, 0.3) is 0 Å². The Balaban J connectivity index is 4.21. The Kier molecular flexibility index (Phi) is 43.9. The van der Waals surface area contributed by atoms with Gasteiger partial charge in [0.1, 0.15) is 13.2 Å². The van der Waals surface area contributed by atoms with Crippen LogP contribution in [0.4, 0.5) is 0 Å². The van der Waals surface area contributed by atoms with Crippen molar-refractivity contribution in [2.24, 2.45) is 0 Å². The first-order valence-corrected chi connectivity index (χ1v) is 24.3. The first-order valence-electron chi connectivity index (χ1n) is 24.3. The van der Waals surface area contributed by atoms with E-state index in [0.29, 0.717) is 19.3 Å². The number of rotatable bonds is 44. The first kappa shape index (κ1) is 53.9. The van der Waals surface area contributed by atoms with Crippen molar-refractivity contribution in [2.75, 3.05) is 13.2 Å². The predicted octanol–water partition coefficient (Wildman–Crippen LogP) is 15.6. The van der Waals surface area contributed by atoms with Crippen LogP contribution >= 0.6 is 0 Å². The lowest BCUT2D eigenvalue weighted by Gasteiger charge is -2.18. The molecular formula is C50H92O6. The molecular weight excluding hydrogens is 697 g/mol. The summed E-state index contributed by atoms with van der Waals surface area (Å²) in [6, 6.07) is 0. The smallest absolute Gasteiger partial charge is 0.306 e. The molecule has 0 aliphatic heterocycles. The van der Waals surface area contributed by atoms with Crippen molar-refractivity contribution in [3.63, 3.8) is 0 Å². The minimum atomic E-state index is -0.764. The highest BCUT2D eigenvalue weighted by Crippen LogP contribution is 2.15. The minimum absolute atomic E-state index is 0.0691. The molecule has 0 bridgehead atoms. The summed E-state index contributed by atoms with van der Waals surface area (Å²) >= 11 is 0. The molecule has 0 aliphatic rings. The summed E-state index contributed by atoms with van der Waals surface area (Å²) in [4.78, 5) is 37.7. The second kappa shape index (κ2) is 45.6. The van der Waals surface area contributed by atoms with Gasteiger partial charge in [0.05, 0.1) is 0 Å². The van der Waals surface area contributed by atoms with Crippen LogP contribution in [-0.2, 0) is 28.6 Å². The highest BCUT2D eigenvalue weighted by atomic mass is 16.6. The maximum atomic E-state index is 12.7. The van der Waals surface area contributed by atoms with Crippen LogP contribution in [0.3, 0.4) is 0 Å². The van der Waals surface area contributed by atoms with E-state index < -0.39 is 6.10 Å². The maximum absolute atomic E-state index is 12.7. The molecule has 0 N–H and O–H groups in total. The van der Waals surface area contributed by atoms with Crippen LogP contribution in [-0.4, -0.2) is 37.2 Å². The van der Waals surface area contributed by atoms with Gasteiger partial charge in [-0.05, 0) is 51.4 Å². The van der Waals surface area contributed by atoms with Gasteiger partial charge in [0.15, 0.2) is 6.10 Å². The number of unbranched alkanes of at least 4 members (excludes halogenated alkanes) is 29. The van der Waals surface area contributed by atoms with Gasteiger partial charge in [0.2, 0.25) is 0 Å². The summed E-state index contributed by atoms with van der Waals surface area (Å²) in [6.45, 7) is 6.58. The Morgan fingerprint density at radius 3 is 1.02 bits per heavy atom. The summed E-state index contributed by atoms with van der Waals surface area (Å²) < 4.78 is 16.7. The van der Waals surface area contributed by atoms with Crippen LogP contribution in [0, 0.1) is 0 Å². The minimum Gasteiger partial charge on any atom is -0.462 e. The van der Waals surface area contributed by atoms with E-state index in [-0.39, 0.29) is 31.1 Å². The molecule has 0 rings (SSSR count). The molecule has 1 atom stereocenters. The second-order valence-corrected chi connectivity index (χ2v) is 16.4. The van der Waals surface area contributed by atoms with E-state index in [9.17, 15) is 14.4 Å². The van der Waals surface area contributed by atoms with Crippen molar-refractivity contribution < 1.29 is 28.6 Å². The lowest BCUT2D eigenvalue weighted by atomic mass is 10.0. The summed E-state index contributed by atoms with van der Waals surface area (Å²) in [5.74, 6) is -0.871. The Hall–Kier alpha value is -2.11. The second-order valence-electron chi connectivity index (χ2n) is 16.4.